The lowest BCUT2D eigenvalue weighted by Gasteiger charge is -2.59. The number of nitrogens with one attached hydrogen (secondary N) is 2. The number of amides is 2. The molecule has 1 heterocycles. The van der Waals surface area contributed by atoms with Crippen molar-refractivity contribution in [1.82, 2.24) is 9.62 Å². The standard InChI is InChI=1S/C51H76N4O10S/c1-6-9-10-11-12-13-14-15-16-19-30-52-50(59)64-40-26-29-46-44(35-40)48-42(23-18-21-32-57)38(22-17-20-31-56)34-43-45(54-63-8-3)36-47(51(65-46,49(43)48)62-33-7-2)55(5)66(60,61)41-27-24-39(25-28-41)53-37(4)58/h7,24-29,34-35,38,42,47-49,56-57H,2,6,8-23,30-33,36H2,1,3-5H3,(H,52,59)(H,53,58)/t38-,42+,47-,48+,49+,51+/m0/s1. The van der Waals surface area contributed by atoms with E-state index in [0.29, 0.717) is 48.7 Å². The summed E-state index contributed by atoms with van der Waals surface area (Å²) >= 11 is 0. The molecule has 3 aliphatic rings. The van der Waals surface area contributed by atoms with Gasteiger partial charge < -0.3 is 39.9 Å². The second kappa shape index (κ2) is 26.3. The highest BCUT2D eigenvalue weighted by Gasteiger charge is 2.65. The van der Waals surface area contributed by atoms with Crippen molar-refractivity contribution in [2.24, 2.45) is 22.9 Å². The maximum Gasteiger partial charge on any atom is 0.412 e. The monoisotopic (exact) mass is 937 g/mol. The summed E-state index contributed by atoms with van der Waals surface area (Å²) in [6, 6.07) is 10.4. The highest BCUT2D eigenvalue weighted by Crippen LogP contribution is 2.62. The Morgan fingerprint density at radius 3 is 2.23 bits per heavy atom. The van der Waals surface area contributed by atoms with Crippen LogP contribution in [0.1, 0.15) is 141 Å². The van der Waals surface area contributed by atoms with Crippen molar-refractivity contribution in [2.75, 3.05) is 45.3 Å². The number of sulfonamides is 1. The number of rotatable bonds is 29. The van der Waals surface area contributed by atoms with Gasteiger partial charge in [-0.3, -0.25) is 4.79 Å². The van der Waals surface area contributed by atoms with Gasteiger partial charge in [0.25, 0.3) is 0 Å². The molecule has 1 aliphatic heterocycles. The summed E-state index contributed by atoms with van der Waals surface area (Å²) in [5.74, 6) is -2.13. The lowest BCUT2D eigenvalue weighted by atomic mass is 9.55. The van der Waals surface area contributed by atoms with E-state index in [2.05, 4.69) is 35.4 Å². The molecular formula is C51H76N4O10S. The molecule has 0 spiro atoms. The Bertz CT molecular complexity index is 2040. The van der Waals surface area contributed by atoms with E-state index in [4.69, 9.17) is 19.0 Å². The molecule has 15 heteroatoms. The summed E-state index contributed by atoms with van der Waals surface area (Å²) in [5, 5.41) is 30.1. The van der Waals surface area contributed by atoms with Gasteiger partial charge in [0.2, 0.25) is 21.7 Å². The molecule has 0 aromatic heterocycles. The average molecular weight is 937 g/mol. The van der Waals surface area contributed by atoms with Gasteiger partial charge in [-0.1, -0.05) is 94.9 Å². The predicted octanol–water partition coefficient (Wildman–Crippen LogP) is 9.63. The number of fused-ring (bicyclic) bond motifs is 2. The molecule has 5 rings (SSSR count). The Morgan fingerprint density at radius 1 is 0.924 bits per heavy atom. The normalized spacial score (nSPS) is 22.7. The summed E-state index contributed by atoms with van der Waals surface area (Å²) in [6.45, 7) is 10.3. The number of nitrogens with zero attached hydrogens (tertiary/aromatic N) is 2. The molecule has 66 heavy (non-hydrogen) atoms. The molecule has 366 valence electrons. The van der Waals surface area contributed by atoms with Crippen LogP contribution in [0.15, 0.2) is 76.8 Å². The fourth-order valence-corrected chi connectivity index (χ4v) is 11.5. The van der Waals surface area contributed by atoms with E-state index >= 15 is 0 Å². The second-order valence-corrected chi connectivity index (χ2v) is 19.9. The number of likely N-dealkylation sites (N-methyl/N-ethyl adjacent to an activating group) is 1. The van der Waals surface area contributed by atoms with Gasteiger partial charge in [-0.25, -0.2) is 13.2 Å². The molecule has 0 bridgehead atoms. The van der Waals surface area contributed by atoms with Crippen molar-refractivity contribution in [2.45, 2.75) is 153 Å². The maximum absolute atomic E-state index is 14.8. The topological polar surface area (TPSA) is 185 Å². The van der Waals surface area contributed by atoms with Crippen LogP contribution in [0.2, 0.25) is 0 Å². The van der Waals surface area contributed by atoms with E-state index < -0.39 is 33.9 Å². The van der Waals surface area contributed by atoms with Crippen LogP contribution in [0.5, 0.6) is 11.5 Å². The molecule has 6 atom stereocenters. The number of anilines is 1. The van der Waals surface area contributed by atoms with Crippen molar-refractivity contribution in [3.05, 3.63) is 72.3 Å². The van der Waals surface area contributed by atoms with E-state index in [1.165, 1.54) is 75.4 Å². The number of ether oxygens (including phenoxy) is 3. The molecule has 0 radical (unpaired) electrons. The summed E-state index contributed by atoms with van der Waals surface area (Å²) in [5.41, 5.74) is 2.66. The zero-order valence-electron chi connectivity index (χ0n) is 39.8. The summed E-state index contributed by atoms with van der Waals surface area (Å²) in [7, 11) is -2.72. The van der Waals surface area contributed by atoms with E-state index in [9.17, 15) is 28.2 Å². The van der Waals surface area contributed by atoms with Crippen LogP contribution < -0.4 is 20.1 Å². The molecule has 4 N–H and O–H groups in total. The first-order chi connectivity index (χ1) is 31.9. The van der Waals surface area contributed by atoms with Crippen LogP contribution in [0.25, 0.3) is 0 Å². The Balaban J connectivity index is 1.54. The number of aliphatic hydroxyl groups excluding tert-OH is 2. The first-order valence-corrected chi connectivity index (χ1v) is 25.9. The summed E-state index contributed by atoms with van der Waals surface area (Å²) in [4.78, 5) is 30.8. The first-order valence-electron chi connectivity index (χ1n) is 24.5. The quantitative estimate of drug-likeness (QED) is 0.0348. The average Bonchev–Trinajstić information content (AvgIpc) is 3.30. The highest BCUT2D eigenvalue weighted by atomic mass is 32.2. The predicted molar refractivity (Wildman–Crippen MR) is 258 cm³/mol. The molecule has 2 aliphatic carbocycles. The second-order valence-electron chi connectivity index (χ2n) is 17.9. The van der Waals surface area contributed by atoms with Gasteiger partial charge in [-0.15, -0.1) is 6.58 Å². The minimum atomic E-state index is -4.24. The lowest BCUT2D eigenvalue weighted by molar-refractivity contribution is -0.250. The largest absolute Gasteiger partial charge is 0.460 e. The Kier molecular flexibility index (Phi) is 21.0. The van der Waals surface area contributed by atoms with Crippen LogP contribution in [0.3, 0.4) is 0 Å². The smallest absolute Gasteiger partial charge is 0.412 e. The summed E-state index contributed by atoms with van der Waals surface area (Å²) < 4.78 is 50.9. The van der Waals surface area contributed by atoms with Gasteiger partial charge in [0.05, 0.1) is 29.2 Å². The number of unbranched alkanes of at least 4 members (excludes halogenated alkanes) is 11. The SMILES string of the molecule is C=CCO[C@@]12Oc3ccc(OC(=O)NCCCCCCCCCCCC)cc3[C@H]3[C@H](CCCCO)[C@@H](CCCCO)C=C(C(=NOCC)C[C@@H]1N(C)S(=O)(=O)c1ccc(NC(C)=O)cc1)[C@H]32. The Labute approximate surface area is 393 Å². The van der Waals surface area contributed by atoms with Crippen molar-refractivity contribution >= 4 is 33.4 Å². The molecule has 2 aromatic carbocycles. The number of benzene rings is 2. The van der Waals surface area contributed by atoms with Crippen LogP contribution in [-0.4, -0.2) is 92.5 Å². The van der Waals surface area contributed by atoms with E-state index in [-0.39, 0.29) is 61.4 Å². The van der Waals surface area contributed by atoms with Crippen LogP contribution >= 0.6 is 0 Å². The van der Waals surface area contributed by atoms with Gasteiger partial charge in [0.1, 0.15) is 18.1 Å². The van der Waals surface area contributed by atoms with Crippen molar-refractivity contribution in [1.29, 1.82) is 0 Å². The third-order valence-corrected chi connectivity index (χ3v) is 15.1. The summed E-state index contributed by atoms with van der Waals surface area (Å²) in [6.07, 6.45) is 19.5. The first kappa shape index (κ1) is 52.7. The zero-order valence-corrected chi connectivity index (χ0v) is 40.6. The number of hydrogen-bond donors (Lipinski definition) is 4. The van der Waals surface area contributed by atoms with Gasteiger partial charge in [-0.2, -0.15) is 4.31 Å². The number of oxime groups is 1. The van der Waals surface area contributed by atoms with Gasteiger partial charge in [0.15, 0.2) is 0 Å². The molecule has 1 fully saturated rings. The minimum Gasteiger partial charge on any atom is -0.460 e. The third kappa shape index (κ3) is 13.5. The van der Waals surface area contributed by atoms with Gasteiger partial charge in [0, 0.05) is 57.3 Å². The minimum absolute atomic E-state index is 0.00422. The molecular weight excluding hydrogens is 861 g/mol. The van der Waals surface area contributed by atoms with Crippen molar-refractivity contribution in [3.8, 4) is 11.5 Å². The van der Waals surface area contributed by atoms with Crippen LogP contribution in [0.4, 0.5) is 10.5 Å². The van der Waals surface area contributed by atoms with Crippen molar-refractivity contribution in [3.63, 3.8) is 0 Å². The third-order valence-electron chi connectivity index (χ3n) is 13.2. The fraction of sp³-hybridized carbons (Fsp3) is 0.627. The number of carbonyl (C=O) groups is 2. The van der Waals surface area contributed by atoms with E-state index in [0.717, 1.165) is 49.7 Å². The number of aliphatic hydroxyl groups is 2. The molecule has 0 saturated heterocycles. The Morgan fingerprint density at radius 2 is 1.59 bits per heavy atom. The molecule has 2 amide bonds. The number of allylic oxidation sites excluding steroid dienone is 1. The van der Waals surface area contributed by atoms with Gasteiger partial charge >= 0.3 is 6.09 Å². The van der Waals surface area contributed by atoms with Gasteiger partial charge in [-0.05, 0) is 98.9 Å². The zero-order chi connectivity index (χ0) is 47.5. The highest BCUT2D eigenvalue weighted by molar-refractivity contribution is 7.89. The molecule has 0 unspecified atom stereocenters. The van der Waals surface area contributed by atoms with Crippen molar-refractivity contribution < 1.29 is 47.3 Å². The van der Waals surface area contributed by atoms with E-state index in [1.807, 2.05) is 13.0 Å². The number of carbonyl (C=O) groups excluding carboxylic acids is 2. The van der Waals surface area contributed by atoms with E-state index in [1.54, 1.807) is 30.3 Å². The fourth-order valence-electron chi connectivity index (χ4n) is 10.1. The number of hydrogen-bond acceptors (Lipinski definition) is 11. The van der Waals surface area contributed by atoms with Crippen LogP contribution in [-0.2, 0) is 24.4 Å². The lowest BCUT2D eigenvalue weighted by Crippen LogP contribution is -2.69. The molecule has 14 nitrogen and oxygen atoms in total. The molecule has 2 aromatic rings. The molecule has 1 saturated carbocycles. The maximum atomic E-state index is 14.8. The Hall–Kier alpha value is -4.28. The van der Waals surface area contributed by atoms with Crippen LogP contribution in [0, 0.1) is 17.8 Å².